The first-order valence-corrected chi connectivity index (χ1v) is 16.9. The zero-order chi connectivity index (χ0) is 30.4. The number of benzene rings is 2. The van der Waals surface area contributed by atoms with Crippen LogP contribution in [-0.4, -0.2) is 10.9 Å². The molecule has 0 bridgehead atoms. The van der Waals surface area contributed by atoms with Crippen LogP contribution in [0.15, 0.2) is 42.2 Å². The molecule has 1 N–H and O–H groups in total. The minimum absolute atomic E-state index is 0.144. The van der Waals surface area contributed by atoms with Crippen LogP contribution in [0.5, 0.6) is 0 Å². The standard InChI is InChI=1S/C39H60O2/c1-9-13-18-28(5)32-24-25-34(29(6)19-14-10-2)33(26-32)27-37(40)39(41)36-23-17-22-35(30(7)20-15-11-3)38(36)31(8)21-16-12-4/h17,22-31,40H,9-16,18-21H2,1-8H3/b37-27-. The molecule has 0 radical (unpaired) electrons. The van der Waals surface area contributed by atoms with Crippen molar-refractivity contribution in [2.24, 2.45) is 0 Å². The predicted molar refractivity (Wildman–Crippen MR) is 180 cm³/mol. The first kappa shape index (κ1) is 34.8. The van der Waals surface area contributed by atoms with Crippen LogP contribution in [0.2, 0.25) is 0 Å². The number of carbonyl (C=O) groups is 1. The van der Waals surface area contributed by atoms with Crippen LogP contribution in [-0.2, 0) is 0 Å². The average molecular weight is 561 g/mol. The Labute approximate surface area is 253 Å². The molecule has 0 aliphatic rings. The third-order valence-electron chi connectivity index (χ3n) is 9.11. The highest BCUT2D eigenvalue weighted by atomic mass is 16.3. The summed E-state index contributed by atoms with van der Waals surface area (Å²) in [6.07, 6.45) is 15.5. The van der Waals surface area contributed by atoms with E-state index in [1.165, 1.54) is 48.8 Å². The minimum atomic E-state index is -0.246. The van der Waals surface area contributed by atoms with E-state index in [1.807, 2.05) is 12.1 Å². The Hall–Kier alpha value is -2.35. The highest BCUT2D eigenvalue weighted by molar-refractivity contribution is 6.10. The van der Waals surface area contributed by atoms with E-state index in [0.29, 0.717) is 23.3 Å². The molecular weight excluding hydrogens is 500 g/mol. The molecule has 2 rings (SSSR count). The van der Waals surface area contributed by atoms with Crippen molar-refractivity contribution in [3.8, 4) is 0 Å². The second kappa shape index (κ2) is 18.2. The van der Waals surface area contributed by atoms with Gasteiger partial charge in [0.15, 0.2) is 5.76 Å². The van der Waals surface area contributed by atoms with Gasteiger partial charge in [0.25, 0.3) is 0 Å². The van der Waals surface area contributed by atoms with Crippen molar-refractivity contribution >= 4 is 11.9 Å². The maximum absolute atomic E-state index is 14.0. The van der Waals surface area contributed by atoms with Crippen molar-refractivity contribution in [1.82, 2.24) is 0 Å². The van der Waals surface area contributed by atoms with E-state index in [-0.39, 0.29) is 17.5 Å². The Morgan fingerprint density at radius 2 is 1.20 bits per heavy atom. The lowest BCUT2D eigenvalue weighted by molar-refractivity contribution is 0.0979. The number of hydrogen-bond donors (Lipinski definition) is 1. The summed E-state index contributed by atoms with van der Waals surface area (Å²) in [5.74, 6) is 1.09. The van der Waals surface area contributed by atoms with E-state index in [9.17, 15) is 9.90 Å². The fourth-order valence-electron chi connectivity index (χ4n) is 6.25. The molecule has 4 unspecified atom stereocenters. The number of hydrogen-bond acceptors (Lipinski definition) is 2. The number of Topliss-reactive ketones (excluding diaryl/α,β-unsaturated/α-hetero) is 1. The van der Waals surface area contributed by atoms with Gasteiger partial charge in [0.1, 0.15) is 0 Å². The Bertz CT molecular complexity index is 1090. The quantitative estimate of drug-likeness (QED) is 0.105. The normalized spacial score (nSPS) is 15.0. The largest absolute Gasteiger partial charge is 0.504 e. The second-order valence-electron chi connectivity index (χ2n) is 12.7. The summed E-state index contributed by atoms with van der Waals surface area (Å²) in [4.78, 5) is 14.0. The smallest absolute Gasteiger partial charge is 0.227 e. The third kappa shape index (κ3) is 10.2. The third-order valence-corrected chi connectivity index (χ3v) is 9.11. The Morgan fingerprint density at radius 1 is 0.683 bits per heavy atom. The lowest BCUT2D eigenvalue weighted by Gasteiger charge is -2.24. The first-order valence-electron chi connectivity index (χ1n) is 16.9. The molecule has 0 spiro atoms. The molecule has 2 heteroatoms. The predicted octanol–water partition coefficient (Wildman–Crippen LogP) is 12.6. The van der Waals surface area contributed by atoms with E-state index in [2.05, 4.69) is 79.7 Å². The van der Waals surface area contributed by atoms with E-state index < -0.39 is 0 Å². The Balaban J connectivity index is 2.59. The van der Waals surface area contributed by atoms with E-state index in [0.717, 1.165) is 56.1 Å². The maximum atomic E-state index is 14.0. The highest BCUT2D eigenvalue weighted by Gasteiger charge is 2.24. The van der Waals surface area contributed by atoms with Crippen molar-refractivity contribution < 1.29 is 9.90 Å². The summed E-state index contributed by atoms with van der Waals surface area (Å²) < 4.78 is 0. The van der Waals surface area contributed by atoms with Gasteiger partial charge in [-0.1, -0.05) is 143 Å². The van der Waals surface area contributed by atoms with Gasteiger partial charge in [0.2, 0.25) is 5.78 Å². The van der Waals surface area contributed by atoms with Crippen LogP contribution < -0.4 is 0 Å². The SMILES string of the molecule is CCCCC(C)c1ccc(C(C)CCCC)c(/C=C(\O)C(=O)c2cccc(C(C)CCCC)c2C(C)CCCC)c1. The van der Waals surface area contributed by atoms with Crippen LogP contribution in [0.4, 0.5) is 0 Å². The van der Waals surface area contributed by atoms with Gasteiger partial charge in [0, 0.05) is 5.56 Å². The zero-order valence-electron chi connectivity index (χ0n) is 27.7. The van der Waals surface area contributed by atoms with Gasteiger partial charge in [-0.05, 0) is 83.2 Å². The van der Waals surface area contributed by atoms with Crippen LogP contribution in [0.1, 0.15) is 194 Å². The fraction of sp³-hybridized carbons (Fsp3) is 0.615. The molecular formula is C39H60O2. The Kier molecular flexibility index (Phi) is 15.5. The van der Waals surface area contributed by atoms with E-state index in [4.69, 9.17) is 0 Å². The van der Waals surface area contributed by atoms with Gasteiger partial charge >= 0.3 is 0 Å². The fourth-order valence-corrected chi connectivity index (χ4v) is 6.25. The number of ketones is 1. The number of rotatable bonds is 19. The van der Waals surface area contributed by atoms with Crippen molar-refractivity contribution in [3.63, 3.8) is 0 Å². The summed E-state index contributed by atoms with van der Waals surface area (Å²) >= 11 is 0. The number of unbranched alkanes of at least 4 members (excludes halogenated alkanes) is 4. The lowest BCUT2D eigenvalue weighted by atomic mass is 9.80. The zero-order valence-corrected chi connectivity index (χ0v) is 27.7. The van der Waals surface area contributed by atoms with Crippen LogP contribution >= 0.6 is 0 Å². The molecule has 2 aromatic rings. The molecule has 0 fully saturated rings. The molecule has 41 heavy (non-hydrogen) atoms. The topological polar surface area (TPSA) is 37.3 Å². The monoisotopic (exact) mass is 560 g/mol. The molecule has 2 aromatic carbocycles. The van der Waals surface area contributed by atoms with Gasteiger partial charge in [-0.2, -0.15) is 0 Å². The van der Waals surface area contributed by atoms with Gasteiger partial charge in [0.05, 0.1) is 0 Å². The molecule has 2 nitrogen and oxygen atoms in total. The molecule has 0 heterocycles. The molecule has 0 saturated carbocycles. The number of allylic oxidation sites excluding steroid dienone is 1. The molecule has 0 aliphatic heterocycles. The highest BCUT2D eigenvalue weighted by Crippen LogP contribution is 2.36. The van der Waals surface area contributed by atoms with Crippen molar-refractivity contribution in [2.75, 3.05) is 0 Å². The molecule has 0 aromatic heterocycles. The molecule has 0 amide bonds. The van der Waals surface area contributed by atoms with E-state index in [1.54, 1.807) is 6.08 Å². The molecule has 0 saturated heterocycles. The van der Waals surface area contributed by atoms with Crippen molar-refractivity contribution in [3.05, 3.63) is 75.5 Å². The van der Waals surface area contributed by atoms with Gasteiger partial charge in [-0.3, -0.25) is 4.79 Å². The second-order valence-corrected chi connectivity index (χ2v) is 12.7. The first-order chi connectivity index (χ1) is 19.7. The molecule has 0 aliphatic carbocycles. The summed E-state index contributed by atoms with van der Waals surface area (Å²) in [6.45, 7) is 18.0. The average Bonchev–Trinajstić information content (AvgIpc) is 2.98. The van der Waals surface area contributed by atoms with Crippen LogP contribution in [0.25, 0.3) is 6.08 Å². The summed E-state index contributed by atoms with van der Waals surface area (Å²) in [6, 6.07) is 12.9. The van der Waals surface area contributed by atoms with E-state index >= 15 is 0 Å². The summed E-state index contributed by atoms with van der Waals surface area (Å²) in [7, 11) is 0. The minimum Gasteiger partial charge on any atom is -0.504 e. The molecule has 4 atom stereocenters. The number of carbonyl (C=O) groups excluding carboxylic acids is 1. The van der Waals surface area contributed by atoms with Crippen molar-refractivity contribution in [1.29, 1.82) is 0 Å². The number of aliphatic hydroxyl groups excluding tert-OH is 1. The summed E-state index contributed by atoms with van der Waals surface area (Å²) in [5.41, 5.74) is 6.61. The van der Waals surface area contributed by atoms with Crippen LogP contribution in [0, 0.1) is 0 Å². The van der Waals surface area contributed by atoms with Gasteiger partial charge in [-0.15, -0.1) is 0 Å². The Morgan fingerprint density at radius 3 is 1.76 bits per heavy atom. The van der Waals surface area contributed by atoms with Gasteiger partial charge in [-0.25, -0.2) is 0 Å². The lowest BCUT2D eigenvalue weighted by Crippen LogP contribution is -2.13. The van der Waals surface area contributed by atoms with Crippen molar-refractivity contribution in [2.45, 2.75) is 156 Å². The van der Waals surface area contributed by atoms with Crippen LogP contribution in [0.3, 0.4) is 0 Å². The summed E-state index contributed by atoms with van der Waals surface area (Å²) in [5, 5.41) is 11.4. The number of aliphatic hydroxyl groups is 1. The maximum Gasteiger partial charge on any atom is 0.227 e. The molecule has 228 valence electrons. The van der Waals surface area contributed by atoms with Gasteiger partial charge < -0.3 is 5.11 Å².